The Labute approximate surface area is 113 Å². The van der Waals surface area contributed by atoms with E-state index in [1.54, 1.807) is 0 Å². The second kappa shape index (κ2) is 6.85. The molecule has 0 aliphatic heterocycles. The number of rotatable bonds is 6. The van der Waals surface area contributed by atoms with Crippen molar-refractivity contribution in [1.29, 1.82) is 0 Å². The van der Waals surface area contributed by atoms with E-state index in [2.05, 4.69) is 55.9 Å². The van der Waals surface area contributed by atoms with Crippen LogP contribution in [0, 0.1) is 0 Å². The van der Waals surface area contributed by atoms with Gasteiger partial charge in [-0.25, -0.2) is 0 Å². The first-order valence-corrected chi connectivity index (χ1v) is 7.49. The number of alkyl halides is 1. The molecule has 0 atom stereocenters. The van der Waals surface area contributed by atoms with Gasteiger partial charge in [0, 0.05) is 18.0 Å². The molecule has 0 unspecified atom stereocenters. The van der Waals surface area contributed by atoms with Crippen LogP contribution in [-0.4, -0.2) is 20.8 Å². The molecule has 0 fully saturated rings. The molecule has 86 valence electrons. The Morgan fingerprint density at radius 1 is 1.53 bits per heavy atom. The Balaban J connectivity index is 2.56. The molecule has 0 spiro atoms. The lowest BCUT2D eigenvalue weighted by molar-refractivity contribution is 0.619. The molecule has 15 heavy (non-hydrogen) atoms. The largest absolute Gasteiger partial charge is 0.311 e. The fourth-order valence-electron chi connectivity index (χ4n) is 1.41. The molecule has 0 saturated heterocycles. The molecular weight excluding hydrogens is 369 g/mol. The molecule has 5 heteroatoms. The van der Waals surface area contributed by atoms with Crippen LogP contribution in [0.15, 0.2) is 4.47 Å². The van der Waals surface area contributed by atoms with Crippen LogP contribution in [0.2, 0.25) is 0 Å². The van der Waals surface area contributed by atoms with Gasteiger partial charge in [-0.1, -0.05) is 29.5 Å². The van der Waals surface area contributed by atoms with Crippen molar-refractivity contribution in [2.75, 3.05) is 11.0 Å². The summed E-state index contributed by atoms with van der Waals surface area (Å²) in [6, 6.07) is 0. The average molecular weight is 386 g/mol. The standard InChI is InChI=1S/C10H17BrIN3/c1-3-8-10(11)9(15(2)14-8)7-13-6-4-5-12/h13H,3-7H2,1-2H3. The molecule has 1 heterocycles. The van der Waals surface area contributed by atoms with Crippen LogP contribution in [0.25, 0.3) is 0 Å². The van der Waals surface area contributed by atoms with Crippen LogP contribution in [0.3, 0.4) is 0 Å². The van der Waals surface area contributed by atoms with Gasteiger partial charge in [0.25, 0.3) is 0 Å². The Morgan fingerprint density at radius 3 is 2.80 bits per heavy atom. The Kier molecular flexibility index (Phi) is 6.14. The molecule has 1 rings (SSSR count). The second-order valence-electron chi connectivity index (χ2n) is 3.40. The quantitative estimate of drug-likeness (QED) is 0.463. The number of aryl methyl sites for hydroxylation is 2. The summed E-state index contributed by atoms with van der Waals surface area (Å²) in [7, 11) is 2.00. The average Bonchev–Trinajstić information content (AvgIpc) is 2.50. The van der Waals surface area contributed by atoms with E-state index < -0.39 is 0 Å². The number of hydrogen-bond acceptors (Lipinski definition) is 2. The van der Waals surface area contributed by atoms with E-state index in [9.17, 15) is 0 Å². The summed E-state index contributed by atoms with van der Waals surface area (Å²) in [5.74, 6) is 0. The smallest absolute Gasteiger partial charge is 0.0767 e. The number of hydrogen-bond donors (Lipinski definition) is 1. The first-order chi connectivity index (χ1) is 7.20. The summed E-state index contributed by atoms with van der Waals surface area (Å²) in [5.41, 5.74) is 2.38. The van der Waals surface area contributed by atoms with Gasteiger partial charge in [-0.15, -0.1) is 0 Å². The monoisotopic (exact) mass is 385 g/mol. The summed E-state index contributed by atoms with van der Waals surface area (Å²) in [5, 5.41) is 7.88. The van der Waals surface area contributed by atoms with Gasteiger partial charge in [-0.3, -0.25) is 4.68 Å². The van der Waals surface area contributed by atoms with Crippen molar-refractivity contribution in [3.63, 3.8) is 0 Å². The summed E-state index contributed by atoms with van der Waals surface area (Å²) < 4.78 is 4.33. The molecule has 1 aromatic rings. The van der Waals surface area contributed by atoms with Crippen molar-refractivity contribution in [1.82, 2.24) is 15.1 Å². The summed E-state index contributed by atoms with van der Waals surface area (Å²) in [4.78, 5) is 0. The highest BCUT2D eigenvalue weighted by atomic mass is 127. The van der Waals surface area contributed by atoms with Gasteiger partial charge in [0.1, 0.15) is 0 Å². The molecule has 0 bridgehead atoms. The number of nitrogens with one attached hydrogen (secondary N) is 1. The van der Waals surface area contributed by atoms with E-state index in [0.717, 1.165) is 29.7 Å². The highest BCUT2D eigenvalue weighted by molar-refractivity contribution is 14.1. The van der Waals surface area contributed by atoms with Crippen LogP contribution < -0.4 is 5.32 Å². The Hall–Kier alpha value is 0.380. The zero-order chi connectivity index (χ0) is 11.3. The van der Waals surface area contributed by atoms with Crippen molar-refractivity contribution in [3.8, 4) is 0 Å². The first-order valence-electron chi connectivity index (χ1n) is 5.17. The summed E-state index contributed by atoms with van der Waals surface area (Å²) in [6.07, 6.45) is 2.19. The van der Waals surface area contributed by atoms with E-state index in [4.69, 9.17) is 0 Å². The molecule has 0 amide bonds. The molecular formula is C10H17BrIN3. The maximum atomic E-state index is 4.46. The topological polar surface area (TPSA) is 29.9 Å². The SMILES string of the molecule is CCc1nn(C)c(CNCCCI)c1Br. The van der Waals surface area contributed by atoms with Crippen LogP contribution >= 0.6 is 38.5 Å². The molecule has 0 aliphatic rings. The van der Waals surface area contributed by atoms with Crippen LogP contribution in [0.5, 0.6) is 0 Å². The molecule has 0 aliphatic carbocycles. The molecule has 3 nitrogen and oxygen atoms in total. The molecule has 0 radical (unpaired) electrons. The van der Waals surface area contributed by atoms with E-state index in [1.807, 2.05) is 11.7 Å². The van der Waals surface area contributed by atoms with Gasteiger partial charge < -0.3 is 5.32 Å². The Bertz CT molecular complexity index is 312. The van der Waals surface area contributed by atoms with E-state index >= 15 is 0 Å². The van der Waals surface area contributed by atoms with Gasteiger partial charge in [0.2, 0.25) is 0 Å². The predicted molar refractivity (Wildman–Crippen MR) is 75.5 cm³/mol. The third kappa shape index (κ3) is 3.71. The number of aromatic nitrogens is 2. The van der Waals surface area contributed by atoms with Gasteiger partial charge >= 0.3 is 0 Å². The predicted octanol–water partition coefficient (Wildman–Crippen LogP) is 2.66. The van der Waals surface area contributed by atoms with Crippen LogP contribution in [0.4, 0.5) is 0 Å². The fourth-order valence-corrected chi connectivity index (χ4v) is 2.55. The fraction of sp³-hybridized carbons (Fsp3) is 0.700. The third-order valence-electron chi connectivity index (χ3n) is 2.28. The summed E-state index contributed by atoms with van der Waals surface area (Å²) >= 11 is 6.01. The van der Waals surface area contributed by atoms with Crippen molar-refractivity contribution in [3.05, 3.63) is 15.9 Å². The minimum Gasteiger partial charge on any atom is -0.311 e. The lowest BCUT2D eigenvalue weighted by atomic mass is 10.3. The van der Waals surface area contributed by atoms with Gasteiger partial charge in [-0.05, 0) is 35.3 Å². The highest BCUT2D eigenvalue weighted by Crippen LogP contribution is 2.21. The van der Waals surface area contributed by atoms with Crippen molar-refractivity contribution in [2.45, 2.75) is 26.3 Å². The van der Waals surface area contributed by atoms with Crippen LogP contribution in [-0.2, 0) is 20.0 Å². The maximum absolute atomic E-state index is 4.46. The minimum absolute atomic E-state index is 0.890. The maximum Gasteiger partial charge on any atom is 0.0767 e. The summed E-state index contributed by atoms with van der Waals surface area (Å²) in [6.45, 7) is 4.09. The third-order valence-corrected chi connectivity index (χ3v) is 3.96. The second-order valence-corrected chi connectivity index (χ2v) is 5.28. The van der Waals surface area contributed by atoms with E-state index in [0.29, 0.717) is 0 Å². The first kappa shape index (κ1) is 13.4. The molecule has 1 aromatic heterocycles. The van der Waals surface area contributed by atoms with Gasteiger partial charge in [-0.2, -0.15) is 5.10 Å². The van der Waals surface area contributed by atoms with Gasteiger partial charge in [0.15, 0.2) is 0 Å². The lowest BCUT2D eigenvalue weighted by Gasteiger charge is -2.04. The van der Waals surface area contributed by atoms with E-state index in [-0.39, 0.29) is 0 Å². The van der Waals surface area contributed by atoms with Crippen LogP contribution in [0.1, 0.15) is 24.7 Å². The highest BCUT2D eigenvalue weighted by Gasteiger charge is 2.11. The van der Waals surface area contributed by atoms with Crippen molar-refractivity contribution >= 4 is 38.5 Å². The molecule has 0 aromatic carbocycles. The van der Waals surface area contributed by atoms with E-state index in [1.165, 1.54) is 16.5 Å². The van der Waals surface area contributed by atoms with Crippen molar-refractivity contribution in [2.24, 2.45) is 7.05 Å². The van der Waals surface area contributed by atoms with Gasteiger partial charge in [0.05, 0.1) is 15.9 Å². The zero-order valence-electron chi connectivity index (χ0n) is 9.19. The Morgan fingerprint density at radius 2 is 2.27 bits per heavy atom. The zero-order valence-corrected chi connectivity index (χ0v) is 12.9. The number of halogens is 2. The normalized spacial score (nSPS) is 10.9. The lowest BCUT2D eigenvalue weighted by Crippen LogP contribution is -2.17. The number of nitrogens with zero attached hydrogens (tertiary/aromatic N) is 2. The minimum atomic E-state index is 0.890. The van der Waals surface area contributed by atoms with Crippen molar-refractivity contribution < 1.29 is 0 Å². The molecule has 1 N–H and O–H groups in total. The molecule has 0 saturated carbocycles.